The number of aliphatic carboxylic acids is 1. The summed E-state index contributed by atoms with van der Waals surface area (Å²) in [6.07, 6.45) is 0.108. The maximum Gasteiger partial charge on any atom is 0.407 e. The fourth-order valence-corrected chi connectivity index (χ4v) is 5.34. The minimum atomic E-state index is -1.25. The Kier molecular flexibility index (Phi) is 6.37. The third-order valence-electron chi connectivity index (χ3n) is 6.68. The van der Waals surface area contributed by atoms with Crippen LogP contribution in [-0.4, -0.2) is 61.9 Å². The van der Waals surface area contributed by atoms with Gasteiger partial charge in [0.25, 0.3) is 5.91 Å². The van der Waals surface area contributed by atoms with Crippen LogP contribution in [0.15, 0.2) is 36.4 Å². The van der Waals surface area contributed by atoms with Crippen LogP contribution in [0.1, 0.15) is 46.3 Å². The summed E-state index contributed by atoms with van der Waals surface area (Å²) in [5.41, 5.74) is 1.15. The van der Waals surface area contributed by atoms with Gasteiger partial charge in [-0.1, -0.05) is 18.2 Å². The molecule has 2 heterocycles. The summed E-state index contributed by atoms with van der Waals surface area (Å²) in [5, 5.41) is 13.2. The Bertz CT molecular complexity index is 1130. The number of carboxylic acids is 1. The van der Waals surface area contributed by atoms with Gasteiger partial charge in [-0.15, -0.1) is 0 Å². The molecular formula is C25H28N2O7. The normalized spacial score (nSPS) is 20.5. The molecule has 2 aromatic carbocycles. The minimum Gasteiger partial charge on any atom is -0.493 e. The average Bonchev–Trinajstić information content (AvgIpc) is 2.83. The first-order valence-electron chi connectivity index (χ1n) is 11.2. The number of carbonyl (C=O) groups is 3. The van der Waals surface area contributed by atoms with Crippen molar-refractivity contribution in [1.29, 1.82) is 0 Å². The first-order chi connectivity index (χ1) is 16.4. The molecule has 4 rings (SSSR count). The Morgan fingerprint density at radius 2 is 1.88 bits per heavy atom. The van der Waals surface area contributed by atoms with Gasteiger partial charge >= 0.3 is 12.1 Å². The lowest BCUT2D eigenvalue weighted by Gasteiger charge is -2.54. The smallest absolute Gasteiger partial charge is 0.407 e. The highest BCUT2D eigenvalue weighted by Crippen LogP contribution is 2.54. The molecule has 180 valence electrons. The number of nitrogens with zero attached hydrogens (tertiary/aromatic N) is 1. The zero-order valence-electron chi connectivity index (χ0n) is 19.4. The monoisotopic (exact) mass is 468 g/mol. The summed E-state index contributed by atoms with van der Waals surface area (Å²) in [5.74, 6) is -1.36. The standard InChI is InChI=1S/C25H28N2O7/c1-4-34-24(31)26-11-10-25-18-14-20(33-3)19(32-2)13-15(18)9-12-27(25)22(28)17-8-6-5-7-16(17)21(25)23(29)30/h5-8,13-14,21H,4,9-12H2,1-3H3,(H,26,31)(H,29,30)/t21-,25-/m0/s1. The van der Waals surface area contributed by atoms with Crippen LogP contribution in [0.2, 0.25) is 0 Å². The Hall–Kier alpha value is -3.75. The number of benzene rings is 2. The summed E-state index contributed by atoms with van der Waals surface area (Å²) in [6.45, 7) is 2.36. The maximum absolute atomic E-state index is 13.7. The number of amides is 2. The van der Waals surface area contributed by atoms with Crippen molar-refractivity contribution >= 4 is 18.0 Å². The summed E-state index contributed by atoms with van der Waals surface area (Å²) in [4.78, 5) is 40.2. The van der Waals surface area contributed by atoms with Gasteiger partial charge in [0.15, 0.2) is 11.5 Å². The molecule has 0 saturated heterocycles. The lowest BCUT2D eigenvalue weighted by atomic mass is 9.64. The third-order valence-corrected chi connectivity index (χ3v) is 6.68. The molecule has 0 unspecified atom stereocenters. The van der Waals surface area contributed by atoms with Crippen molar-refractivity contribution in [3.8, 4) is 11.5 Å². The van der Waals surface area contributed by atoms with E-state index in [-0.39, 0.29) is 25.5 Å². The number of fused-ring (bicyclic) bond motifs is 4. The maximum atomic E-state index is 13.7. The van der Waals surface area contributed by atoms with Gasteiger partial charge in [-0.2, -0.15) is 0 Å². The highest BCUT2D eigenvalue weighted by atomic mass is 16.5. The van der Waals surface area contributed by atoms with Gasteiger partial charge in [0.05, 0.1) is 26.4 Å². The zero-order valence-corrected chi connectivity index (χ0v) is 19.4. The van der Waals surface area contributed by atoms with E-state index < -0.39 is 23.5 Å². The highest BCUT2D eigenvalue weighted by Gasteiger charge is 2.57. The molecule has 2 aliphatic rings. The number of nitrogens with one attached hydrogen (secondary N) is 1. The molecule has 0 aromatic heterocycles. The van der Waals surface area contributed by atoms with Gasteiger partial charge < -0.3 is 29.5 Å². The molecule has 0 saturated carbocycles. The van der Waals surface area contributed by atoms with E-state index in [2.05, 4.69) is 5.32 Å². The van der Waals surface area contributed by atoms with Crippen LogP contribution in [0.4, 0.5) is 4.79 Å². The van der Waals surface area contributed by atoms with E-state index in [9.17, 15) is 19.5 Å². The van der Waals surface area contributed by atoms with Gasteiger partial charge in [-0.25, -0.2) is 4.79 Å². The zero-order chi connectivity index (χ0) is 24.5. The third kappa shape index (κ3) is 3.61. The molecule has 2 N–H and O–H groups in total. The number of hydrogen-bond acceptors (Lipinski definition) is 6. The van der Waals surface area contributed by atoms with Crippen LogP contribution in [-0.2, 0) is 21.5 Å². The number of alkyl carbamates (subject to hydrolysis) is 1. The van der Waals surface area contributed by atoms with Crippen molar-refractivity contribution in [3.63, 3.8) is 0 Å². The molecule has 2 amide bonds. The Morgan fingerprint density at radius 3 is 2.56 bits per heavy atom. The number of hydrogen-bond donors (Lipinski definition) is 2. The molecule has 9 heteroatoms. The van der Waals surface area contributed by atoms with Gasteiger partial charge in [-0.05, 0) is 54.7 Å². The van der Waals surface area contributed by atoms with Crippen LogP contribution in [0, 0.1) is 0 Å². The van der Waals surface area contributed by atoms with Crippen molar-refractivity contribution in [2.75, 3.05) is 33.9 Å². The Labute approximate surface area is 197 Å². The van der Waals surface area contributed by atoms with Crippen molar-refractivity contribution in [2.45, 2.75) is 31.2 Å². The summed E-state index contributed by atoms with van der Waals surface area (Å²) >= 11 is 0. The van der Waals surface area contributed by atoms with Crippen LogP contribution < -0.4 is 14.8 Å². The van der Waals surface area contributed by atoms with Crippen LogP contribution >= 0.6 is 0 Å². The summed E-state index contributed by atoms with van der Waals surface area (Å²) < 4.78 is 16.0. The second-order valence-corrected chi connectivity index (χ2v) is 8.25. The van der Waals surface area contributed by atoms with Gasteiger partial charge in [0, 0.05) is 18.7 Å². The van der Waals surface area contributed by atoms with E-state index in [4.69, 9.17) is 14.2 Å². The predicted molar refractivity (Wildman–Crippen MR) is 122 cm³/mol. The molecule has 2 aromatic rings. The van der Waals surface area contributed by atoms with Crippen molar-refractivity contribution in [1.82, 2.24) is 10.2 Å². The first kappa shape index (κ1) is 23.4. The van der Waals surface area contributed by atoms with Gasteiger partial charge in [-0.3, -0.25) is 9.59 Å². The van der Waals surface area contributed by atoms with Crippen LogP contribution in [0.25, 0.3) is 0 Å². The number of carboxylic acid groups (broad SMARTS) is 1. The number of rotatable bonds is 7. The lowest BCUT2D eigenvalue weighted by Crippen LogP contribution is -2.61. The van der Waals surface area contributed by atoms with E-state index in [0.717, 1.165) is 5.56 Å². The second kappa shape index (κ2) is 9.24. The van der Waals surface area contributed by atoms with Crippen molar-refractivity contribution in [3.05, 3.63) is 58.7 Å². The number of methoxy groups -OCH3 is 2. The fraction of sp³-hybridized carbons (Fsp3) is 0.400. The molecule has 9 nitrogen and oxygen atoms in total. The molecule has 0 spiro atoms. The predicted octanol–water partition coefficient (Wildman–Crippen LogP) is 2.92. The SMILES string of the molecule is CCOC(=O)NCC[C@@]12c3cc(OC)c(OC)cc3CCN1C(=O)c1ccccc1[C@H]2C(=O)O. The quantitative estimate of drug-likeness (QED) is 0.642. The second-order valence-electron chi connectivity index (χ2n) is 8.25. The topological polar surface area (TPSA) is 114 Å². The summed E-state index contributed by atoms with van der Waals surface area (Å²) in [6, 6.07) is 10.4. The Morgan fingerprint density at radius 1 is 1.18 bits per heavy atom. The van der Waals surface area contributed by atoms with Gasteiger partial charge in [0.2, 0.25) is 0 Å². The molecule has 34 heavy (non-hydrogen) atoms. The highest BCUT2D eigenvalue weighted by molar-refractivity contribution is 6.01. The van der Waals surface area contributed by atoms with E-state index in [0.29, 0.717) is 41.2 Å². The summed E-state index contributed by atoms with van der Waals surface area (Å²) in [7, 11) is 3.05. The van der Waals surface area contributed by atoms with E-state index in [1.54, 1.807) is 49.3 Å². The van der Waals surface area contributed by atoms with Crippen LogP contribution in [0.5, 0.6) is 11.5 Å². The minimum absolute atomic E-state index is 0.113. The molecule has 0 radical (unpaired) electrons. The molecule has 2 aliphatic heterocycles. The average molecular weight is 469 g/mol. The molecule has 0 bridgehead atoms. The van der Waals surface area contributed by atoms with Crippen molar-refractivity contribution in [2.24, 2.45) is 0 Å². The van der Waals surface area contributed by atoms with E-state index in [1.165, 1.54) is 7.11 Å². The molecule has 0 fully saturated rings. The first-order valence-corrected chi connectivity index (χ1v) is 11.2. The number of carbonyl (C=O) groups excluding carboxylic acids is 2. The van der Waals surface area contributed by atoms with E-state index >= 15 is 0 Å². The molecule has 0 aliphatic carbocycles. The van der Waals surface area contributed by atoms with Crippen molar-refractivity contribution < 1.29 is 33.7 Å². The number of ether oxygens (including phenoxy) is 3. The van der Waals surface area contributed by atoms with Gasteiger partial charge in [0.1, 0.15) is 5.92 Å². The van der Waals surface area contributed by atoms with E-state index in [1.807, 2.05) is 6.07 Å². The largest absolute Gasteiger partial charge is 0.493 e. The Balaban J connectivity index is 1.94. The lowest BCUT2D eigenvalue weighted by molar-refractivity contribution is -0.144. The van der Waals surface area contributed by atoms with Crippen LogP contribution in [0.3, 0.4) is 0 Å². The molecule has 2 atom stereocenters. The fourth-order valence-electron chi connectivity index (χ4n) is 5.34. The molecular weight excluding hydrogens is 440 g/mol.